The van der Waals surface area contributed by atoms with Crippen LogP contribution in [0.2, 0.25) is 0 Å². The van der Waals surface area contributed by atoms with Gasteiger partial charge in [0.1, 0.15) is 0 Å². The van der Waals surface area contributed by atoms with Crippen molar-refractivity contribution in [1.82, 2.24) is 0 Å². The van der Waals surface area contributed by atoms with E-state index in [0.29, 0.717) is 5.25 Å². The standard InChI is InChI=1S/C8H19O2PS2.H2O/c1-3-5-6-7-8(4-2)13-11(9,10)12;/h8H,3-7H2,1-2H3,(H2,9,10,12);1H2. The van der Waals surface area contributed by atoms with Gasteiger partial charge in [-0.3, -0.25) is 0 Å². The first-order valence-corrected chi connectivity index (χ1v) is 8.92. The molecule has 0 aromatic rings. The van der Waals surface area contributed by atoms with Crippen molar-refractivity contribution in [2.45, 2.75) is 51.2 Å². The number of hydrogen-bond donors (Lipinski definition) is 2. The summed E-state index contributed by atoms with van der Waals surface area (Å²) in [4.78, 5) is 18.2. The van der Waals surface area contributed by atoms with Gasteiger partial charge < -0.3 is 15.3 Å². The third-order valence-electron chi connectivity index (χ3n) is 1.87. The van der Waals surface area contributed by atoms with Crippen molar-refractivity contribution in [1.29, 1.82) is 0 Å². The van der Waals surface area contributed by atoms with Gasteiger partial charge in [-0.05, 0) is 24.6 Å². The maximum Gasteiger partial charge on any atom is 0.242 e. The van der Waals surface area contributed by atoms with Crippen molar-refractivity contribution >= 4 is 28.9 Å². The Morgan fingerprint density at radius 3 is 2.21 bits per heavy atom. The van der Waals surface area contributed by atoms with Crippen molar-refractivity contribution in [2.75, 3.05) is 0 Å². The molecule has 0 spiro atoms. The highest BCUT2D eigenvalue weighted by molar-refractivity contribution is 8.67. The molecule has 0 heterocycles. The zero-order valence-corrected chi connectivity index (χ0v) is 11.3. The summed E-state index contributed by atoms with van der Waals surface area (Å²) >= 11 is 5.78. The van der Waals surface area contributed by atoms with Crippen LogP contribution in [0.15, 0.2) is 0 Å². The second-order valence-electron chi connectivity index (χ2n) is 3.12. The molecule has 0 aromatic carbocycles. The summed E-state index contributed by atoms with van der Waals surface area (Å²) in [5.41, 5.74) is -3.04. The van der Waals surface area contributed by atoms with E-state index in [1.165, 1.54) is 24.2 Å². The van der Waals surface area contributed by atoms with E-state index in [1.807, 2.05) is 0 Å². The van der Waals surface area contributed by atoms with Crippen molar-refractivity contribution in [3.63, 3.8) is 0 Å². The van der Waals surface area contributed by atoms with Gasteiger partial charge in [0.25, 0.3) is 0 Å². The van der Waals surface area contributed by atoms with Crippen LogP contribution < -0.4 is 0 Å². The minimum absolute atomic E-state index is 0. The van der Waals surface area contributed by atoms with Crippen LogP contribution in [0.3, 0.4) is 0 Å². The average molecular weight is 260 g/mol. The first-order valence-electron chi connectivity index (χ1n) is 4.73. The Balaban J connectivity index is 0. The van der Waals surface area contributed by atoms with E-state index in [2.05, 4.69) is 25.7 Å². The van der Waals surface area contributed by atoms with Crippen molar-refractivity contribution in [2.24, 2.45) is 0 Å². The number of unbranched alkanes of at least 4 members (excludes halogenated alkanes) is 2. The molecule has 0 aliphatic carbocycles. The van der Waals surface area contributed by atoms with E-state index in [1.54, 1.807) is 0 Å². The Morgan fingerprint density at radius 2 is 1.86 bits per heavy atom. The zero-order chi connectivity index (χ0) is 10.3. The number of rotatable bonds is 7. The van der Waals surface area contributed by atoms with E-state index >= 15 is 0 Å². The van der Waals surface area contributed by atoms with Crippen LogP contribution in [0, 0.1) is 0 Å². The van der Waals surface area contributed by atoms with Crippen LogP contribution in [0.25, 0.3) is 0 Å². The Bertz CT molecular complexity index is 172. The van der Waals surface area contributed by atoms with Gasteiger partial charge in [0, 0.05) is 5.25 Å². The Hall–Kier alpha value is 0.880. The first-order chi connectivity index (χ1) is 5.99. The van der Waals surface area contributed by atoms with E-state index < -0.39 is 5.69 Å². The maximum absolute atomic E-state index is 9.12. The lowest BCUT2D eigenvalue weighted by molar-refractivity contribution is 0.501. The molecule has 0 rings (SSSR count). The van der Waals surface area contributed by atoms with Gasteiger partial charge in [-0.25, -0.2) is 0 Å². The molecule has 0 aromatic heterocycles. The second-order valence-corrected chi connectivity index (χ2v) is 9.36. The summed E-state index contributed by atoms with van der Waals surface area (Å²) in [5, 5.41) is 0.326. The molecule has 0 bridgehead atoms. The molecule has 0 saturated carbocycles. The highest BCUT2D eigenvalue weighted by atomic mass is 32.9. The summed E-state index contributed by atoms with van der Waals surface area (Å²) in [6.07, 6.45) is 5.60. The van der Waals surface area contributed by atoms with Crippen molar-refractivity contribution in [3.05, 3.63) is 0 Å². The molecular weight excluding hydrogens is 239 g/mol. The van der Waals surface area contributed by atoms with E-state index in [-0.39, 0.29) is 5.48 Å². The van der Waals surface area contributed by atoms with Crippen LogP contribution in [0.5, 0.6) is 0 Å². The predicted molar refractivity (Wildman–Crippen MR) is 68.1 cm³/mol. The summed E-state index contributed by atoms with van der Waals surface area (Å²) in [7, 11) is 0. The summed E-state index contributed by atoms with van der Waals surface area (Å²) in [6, 6.07) is 0. The summed E-state index contributed by atoms with van der Waals surface area (Å²) in [6.45, 7) is 4.23. The fourth-order valence-electron chi connectivity index (χ4n) is 1.15. The average Bonchev–Trinajstić information content (AvgIpc) is 2.01. The van der Waals surface area contributed by atoms with Gasteiger partial charge in [-0.1, -0.05) is 44.5 Å². The molecule has 1 unspecified atom stereocenters. The second kappa shape index (κ2) is 9.13. The summed E-state index contributed by atoms with van der Waals surface area (Å²) < 4.78 is 0. The quantitative estimate of drug-likeness (QED) is 0.545. The molecule has 88 valence electrons. The molecule has 14 heavy (non-hydrogen) atoms. The SMILES string of the molecule is CCCCCC(CC)SP(O)(O)=S.O. The van der Waals surface area contributed by atoms with Gasteiger partial charge >= 0.3 is 0 Å². The highest BCUT2D eigenvalue weighted by Crippen LogP contribution is 2.54. The van der Waals surface area contributed by atoms with Gasteiger partial charge in [0.05, 0.1) is 0 Å². The summed E-state index contributed by atoms with van der Waals surface area (Å²) in [5.74, 6) is 0. The molecule has 0 radical (unpaired) electrons. The van der Waals surface area contributed by atoms with Crippen LogP contribution in [-0.2, 0) is 11.8 Å². The largest absolute Gasteiger partial charge is 0.412 e. The molecule has 1 atom stereocenters. The van der Waals surface area contributed by atoms with E-state index in [9.17, 15) is 0 Å². The molecule has 0 saturated heterocycles. The lowest BCUT2D eigenvalue weighted by atomic mass is 10.1. The van der Waals surface area contributed by atoms with E-state index in [4.69, 9.17) is 9.79 Å². The number of hydrogen-bond acceptors (Lipinski definition) is 2. The van der Waals surface area contributed by atoms with Gasteiger partial charge in [0.2, 0.25) is 5.69 Å². The molecule has 0 amide bonds. The smallest absolute Gasteiger partial charge is 0.242 e. The Kier molecular flexibility index (Phi) is 11.3. The third kappa shape index (κ3) is 11.0. The van der Waals surface area contributed by atoms with Crippen LogP contribution >= 0.6 is 17.1 Å². The van der Waals surface area contributed by atoms with Gasteiger partial charge in [0.15, 0.2) is 0 Å². The molecule has 0 aliphatic heterocycles. The Morgan fingerprint density at radius 1 is 1.29 bits per heavy atom. The maximum atomic E-state index is 9.12. The minimum atomic E-state index is -3.04. The zero-order valence-electron chi connectivity index (χ0n) is 8.77. The van der Waals surface area contributed by atoms with Crippen LogP contribution in [-0.4, -0.2) is 20.5 Å². The molecule has 0 fully saturated rings. The van der Waals surface area contributed by atoms with Crippen LogP contribution in [0.4, 0.5) is 0 Å². The Labute approximate surface area is 95.5 Å². The van der Waals surface area contributed by atoms with Gasteiger partial charge in [-0.2, -0.15) is 0 Å². The molecule has 0 aliphatic rings. The topological polar surface area (TPSA) is 72.0 Å². The minimum Gasteiger partial charge on any atom is -0.412 e. The normalized spacial score (nSPS) is 13.4. The fraction of sp³-hybridized carbons (Fsp3) is 1.00. The van der Waals surface area contributed by atoms with E-state index in [0.717, 1.165) is 19.3 Å². The molecule has 6 heteroatoms. The predicted octanol–water partition coefficient (Wildman–Crippen LogP) is 2.46. The fourth-order valence-corrected chi connectivity index (χ4v) is 4.98. The van der Waals surface area contributed by atoms with Gasteiger partial charge in [-0.15, -0.1) is 0 Å². The first kappa shape index (κ1) is 17.3. The van der Waals surface area contributed by atoms with Crippen molar-refractivity contribution in [3.8, 4) is 0 Å². The molecular formula is C8H21O3PS2. The van der Waals surface area contributed by atoms with Crippen molar-refractivity contribution < 1.29 is 15.3 Å². The lowest BCUT2D eigenvalue weighted by Crippen LogP contribution is -2.00. The van der Waals surface area contributed by atoms with Crippen LogP contribution in [0.1, 0.15) is 46.0 Å². The lowest BCUT2D eigenvalue weighted by Gasteiger charge is -2.16. The molecule has 3 nitrogen and oxygen atoms in total. The monoisotopic (exact) mass is 260 g/mol. The third-order valence-corrected chi connectivity index (χ3v) is 5.51. The highest BCUT2D eigenvalue weighted by Gasteiger charge is 2.16. The molecule has 4 N–H and O–H groups in total.